The first-order chi connectivity index (χ1) is 8.09. The van der Waals surface area contributed by atoms with Gasteiger partial charge in [-0.05, 0) is 20.3 Å². The van der Waals surface area contributed by atoms with Crippen molar-refractivity contribution in [2.24, 2.45) is 5.73 Å². The minimum absolute atomic E-state index is 0.0885. The Morgan fingerprint density at radius 2 is 2.00 bits per heavy atom. The van der Waals surface area contributed by atoms with E-state index in [9.17, 15) is 4.79 Å². The highest BCUT2D eigenvalue weighted by Gasteiger charge is 2.34. The van der Waals surface area contributed by atoms with E-state index in [0.717, 1.165) is 6.42 Å². The summed E-state index contributed by atoms with van der Waals surface area (Å²) < 4.78 is 5.26. The Kier molecular flexibility index (Phi) is 5.21. The molecule has 0 aliphatic carbocycles. The van der Waals surface area contributed by atoms with Gasteiger partial charge in [0, 0.05) is 26.2 Å². The molecule has 0 aromatic carbocycles. The number of likely N-dealkylation sites (N-methyl/N-ethyl adjacent to an activating group) is 1. The second-order valence-electron chi connectivity index (χ2n) is 4.68. The monoisotopic (exact) mass is 243 g/mol. The molecule has 0 aromatic heterocycles. The number of amides is 2. The first-order valence-corrected chi connectivity index (χ1v) is 6.43. The highest BCUT2D eigenvalue weighted by atomic mass is 16.5. The van der Waals surface area contributed by atoms with Crippen molar-refractivity contribution in [3.8, 4) is 0 Å². The topological polar surface area (TPSA) is 58.8 Å². The van der Waals surface area contributed by atoms with Crippen molar-refractivity contribution in [2.45, 2.75) is 32.7 Å². The number of rotatable bonds is 4. The predicted molar refractivity (Wildman–Crippen MR) is 67.9 cm³/mol. The molecule has 100 valence electrons. The molecule has 17 heavy (non-hydrogen) atoms. The lowest BCUT2D eigenvalue weighted by molar-refractivity contribution is 0.0308. The lowest BCUT2D eigenvalue weighted by Gasteiger charge is -2.43. The molecule has 1 rings (SSSR count). The van der Waals surface area contributed by atoms with Gasteiger partial charge in [-0.15, -0.1) is 0 Å². The number of morpholine rings is 1. The fraction of sp³-hybridized carbons (Fsp3) is 0.917. The summed E-state index contributed by atoms with van der Waals surface area (Å²) in [6.07, 6.45) is 0.868. The summed E-state index contributed by atoms with van der Waals surface area (Å²) in [4.78, 5) is 16.2. The van der Waals surface area contributed by atoms with E-state index in [0.29, 0.717) is 39.4 Å². The first-order valence-electron chi connectivity index (χ1n) is 6.43. The maximum Gasteiger partial charge on any atom is 0.320 e. The van der Waals surface area contributed by atoms with Crippen LogP contribution in [0.1, 0.15) is 27.2 Å². The van der Waals surface area contributed by atoms with Gasteiger partial charge in [0.05, 0.1) is 18.8 Å². The first kappa shape index (κ1) is 14.3. The maximum absolute atomic E-state index is 12.4. The average molecular weight is 243 g/mol. The molecule has 1 saturated heterocycles. The summed E-state index contributed by atoms with van der Waals surface area (Å²) in [6.45, 7) is 9.94. The van der Waals surface area contributed by atoms with Crippen molar-refractivity contribution in [1.82, 2.24) is 9.80 Å². The van der Waals surface area contributed by atoms with Crippen LogP contribution in [0.5, 0.6) is 0 Å². The van der Waals surface area contributed by atoms with E-state index in [-0.39, 0.29) is 11.6 Å². The molecular weight excluding hydrogens is 218 g/mol. The molecule has 0 saturated carbocycles. The SMILES string of the molecule is CCN(C(=O)N1CCOCC1)C(C)(CC)CN. The van der Waals surface area contributed by atoms with Gasteiger partial charge >= 0.3 is 6.03 Å². The van der Waals surface area contributed by atoms with E-state index in [4.69, 9.17) is 10.5 Å². The summed E-state index contributed by atoms with van der Waals surface area (Å²) >= 11 is 0. The van der Waals surface area contributed by atoms with E-state index < -0.39 is 0 Å². The van der Waals surface area contributed by atoms with Crippen LogP contribution in [-0.4, -0.2) is 60.8 Å². The van der Waals surface area contributed by atoms with Crippen LogP contribution >= 0.6 is 0 Å². The van der Waals surface area contributed by atoms with Crippen LogP contribution in [0.2, 0.25) is 0 Å². The Labute approximate surface area is 104 Å². The van der Waals surface area contributed by atoms with Crippen molar-refractivity contribution >= 4 is 6.03 Å². The lowest BCUT2D eigenvalue weighted by Crippen LogP contribution is -2.59. The zero-order chi connectivity index (χ0) is 12.9. The third-order valence-electron chi connectivity index (χ3n) is 3.68. The van der Waals surface area contributed by atoms with Crippen molar-refractivity contribution in [1.29, 1.82) is 0 Å². The summed E-state index contributed by atoms with van der Waals surface area (Å²) in [6, 6.07) is 0.0885. The van der Waals surface area contributed by atoms with E-state index in [1.807, 2.05) is 16.7 Å². The minimum atomic E-state index is -0.246. The molecule has 1 aliphatic heterocycles. The predicted octanol–water partition coefficient (Wildman–Crippen LogP) is 0.888. The third-order valence-corrected chi connectivity index (χ3v) is 3.68. The van der Waals surface area contributed by atoms with Crippen LogP contribution < -0.4 is 5.73 Å². The third kappa shape index (κ3) is 3.10. The number of hydrogen-bond acceptors (Lipinski definition) is 3. The number of nitrogens with two attached hydrogens (primary N) is 1. The Hall–Kier alpha value is -0.810. The van der Waals surface area contributed by atoms with Crippen molar-refractivity contribution in [3.63, 3.8) is 0 Å². The van der Waals surface area contributed by atoms with Crippen molar-refractivity contribution < 1.29 is 9.53 Å². The molecule has 0 spiro atoms. The summed E-state index contributed by atoms with van der Waals surface area (Å²) in [5.74, 6) is 0. The molecule has 5 nitrogen and oxygen atoms in total. The number of nitrogens with zero attached hydrogens (tertiary/aromatic N) is 2. The van der Waals surface area contributed by atoms with Gasteiger partial charge in [-0.2, -0.15) is 0 Å². The Morgan fingerprint density at radius 3 is 2.41 bits per heavy atom. The van der Waals surface area contributed by atoms with Gasteiger partial charge in [0.15, 0.2) is 0 Å². The van der Waals surface area contributed by atoms with Gasteiger partial charge in [-0.3, -0.25) is 0 Å². The van der Waals surface area contributed by atoms with Gasteiger partial charge in [0.1, 0.15) is 0 Å². The standard InChI is InChI=1S/C12H25N3O2/c1-4-12(3,10-13)15(5-2)11(16)14-6-8-17-9-7-14/h4-10,13H2,1-3H3. The number of urea groups is 1. The number of carbonyl (C=O) groups excluding carboxylic acids is 1. The van der Waals surface area contributed by atoms with Gasteiger partial charge in [0.25, 0.3) is 0 Å². The van der Waals surface area contributed by atoms with Gasteiger partial charge in [-0.25, -0.2) is 4.79 Å². The zero-order valence-corrected chi connectivity index (χ0v) is 11.2. The normalized spacial score (nSPS) is 19.9. The molecule has 0 radical (unpaired) electrons. The molecule has 1 atom stereocenters. The zero-order valence-electron chi connectivity index (χ0n) is 11.2. The van der Waals surface area contributed by atoms with Gasteiger partial charge < -0.3 is 20.3 Å². The van der Waals surface area contributed by atoms with E-state index in [1.165, 1.54) is 0 Å². The molecule has 2 amide bonds. The van der Waals surface area contributed by atoms with Crippen LogP contribution in [0.3, 0.4) is 0 Å². The molecule has 1 unspecified atom stereocenters. The number of ether oxygens (including phenoxy) is 1. The van der Waals surface area contributed by atoms with Gasteiger partial charge in [0.2, 0.25) is 0 Å². The second kappa shape index (κ2) is 6.21. The van der Waals surface area contributed by atoms with Gasteiger partial charge in [-0.1, -0.05) is 6.92 Å². The van der Waals surface area contributed by atoms with Crippen LogP contribution in [0, 0.1) is 0 Å². The Morgan fingerprint density at radius 1 is 1.41 bits per heavy atom. The molecule has 5 heteroatoms. The molecule has 0 aromatic rings. The molecular formula is C12H25N3O2. The maximum atomic E-state index is 12.4. The van der Waals surface area contributed by atoms with E-state index >= 15 is 0 Å². The number of carbonyl (C=O) groups is 1. The minimum Gasteiger partial charge on any atom is -0.378 e. The largest absolute Gasteiger partial charge is 0.378 e. The summed E-state index contributed by atoms with van der Waals surface area (Å²) in [7, 11) is 0. The smallest absolute Gasteiger partial charge is 0.320 e. The van der Waals surface area contributed by atoms with Crippen LogP contribution in [0.15, 0.2) is 0 Å². The van der Waals surface area contributed by atoms with E-state index in [1.54, 1.807) is 0 Å². The fourth-order valence-electron chi connectivity index (χ4n) is 2.12. The van der Waals surface area contributed by atoms with Crippen LogP contribution in [0.25, 0.3) is 0 Å². The molecule has 1 aliphatic rings. The highest BCUT2D eigenvalue weighted by molar-refractivity contribution is 5.75. The van der Waals surface area contributed by atoms with E-state index in [2.05, 4.69) is 13.8 Å². The van der Waals surface area contributed by atoms with Crippen molar-refractivity contribution in [3.05, 3.63) is 0 Å². The molecule has 2 N–H and O–H groups in total. The Bertz CT molecular complexity index is 248. The Balaban J connectivity index is 2.74. The molecule has 1 heterocycles. The second-order valence-corrected chi connectivity index (χ2v) is 4.68. The molecule has 1 fully saturated rings. The lowest BCUT2D eigenvalue weighted by atomic mass is 9.97. The highest BCUT2D eigenvalue weighted by Crippen LogP contribution is 2.20. The van der Waals surface area contributed by atoms with Crippen molar-refractivity contribution in [2.75, 3.05) is 39.4 Å². The van der Waals surface area contributed by atoms with Crippen LogP contribution in [0.4, 0.5) is 4.79 Å². The number of hydrogen-bond donors (Lipinski definition) is 1. The quantitative estimate of drug-likeness (QED) is 0.797. The average Bonchev–Trinajstić information content (AvgIpc) is 2.40. The van der Waals surface area contributed by atoms with Crippen LogP contribution in [-0.2, 0) is 4.74 Å². The summed E-state index contributed by atoms with van der Waals surface area (Å²) in [5, 5.41) is 0. The molecule has 0 bridgehead atoms. The fourth-order valence-corrected chi connectivity index (χ4v) is 2.12. The summed E-state index contributed by atoms with van der Waals surface area (Å²) in [5.41, 5.74) is 5.58.